The Balaban J connectivity index is 1.71. The highest BCUT2D eigenvalue weighted by Crippen LogP contribution is 2.20. The van der Waals surface area contributed by atoms with E-state index in [1.54, 1.807) is 13.4 Å². The van der Waals surface area contributed by atoms with E-state index in [2.05, 4.69) is 15.0 Å². The standard InChI is InChI=1S/C18H21N3O3/c1-14-6-3-4-8-16(14)18-19-17(24-20-18)13-21(9-11-22-2)12-15-7-5-10-23-15/h3-8,10H,9,11-13H2,1-2H3. The van der Waals surface area contributed by atoms with Gasteiger partial charge in [0.05, 0.1) is 26.0 Å². The molecule has 0 saturated heterocycles. The van der Waals surface area contributed by atoms with E-state index in [-0.39, 0.29) is 0 Å². The van der Waals surface area contributed by atoms with Gasteiger partial charge < -0.3 is 13.7 Å². The van der Waals surface area contributed by atoms with Crippen molar-refractivity contribution in [2.24, 2.45) is 0 Å². The SMILES string of the molecule is COCCN(Cc1ccco1)Cc1nc(-c2ccccc2C)no1. The second-order valence-corrected chi connectivity index (χ2v) is 5.61. The van der Waals surface area contributed by atoms with Crippen molar-refractivity contribution >= 4 is 0 Å². The van der Waals surface area contributed by atoms with Crippen molar-refractivity contribution < 1.29 is 13.7 Å². The van der Waals surface area contributed by atoms with E-state index in [0.717, 1.165) is 23.4 Å². The Hall–Kier alpha value is -2.44. The lowest BCUT2D eigenvalue weighted by Crippen LogP contribution is -2.26. The Morgan fingerprint density at radius 3 is 2.75 bits per heavy atom. The van der Waals surface area contributed by atoms with Gasteiger partial charge >= 0.3 is 0 Å². The first-order chi connectivity index (χ1) is 11.8. The first-order valence-corrected chi connectivity index (χ1v) is 7.88. The number of ether oxygens (including phenoxy) is 1. The molecule has 3 rings (SSSR count). The lowest BCUT2D eigenvalue weighted by Gasteiger charge is -2.18. The first-order valence-electron chi connectivity index (χ1n) is 7.88. The summed E-state index contributed by atoms with van der Waals surface area (Å²) in [7, 11) is 1.69. The number of furan rings is 1. The summed E-state index contributed by atoms with van der Waals surface area (Å²) < 4.78 is 16.0. The predicted octanol–water partition coefficient (Wildman–Crippen LogP) is 3.29. The van der Waals surface area contributed by atoms with E-state index in [0.29, 0.717) is 31.4 Å². The maximum absolute atomic E-state index is 5.43. The third-order valence-corrected chi connectivity index (χ3v) is 3.78. The molecule has 1 aromatic carbocycles. The Kier molecular flexibility index (Phi) is 5.40. The first kappa shape index (κ1) is 16.4. The van der Waals surface area contributed by atoms with Crippen LogP contribution in [0.15, 0.2) is 51.6 Å². The molecule has 0 N–H and O–H groups in total. The summed E-state index contributed by atoms with van der Waals surface area (Å²) in [5.41, 5.74) is 2.11. The largest absolute Gasteiger partial charge is 0.468 e. The van der Waals surface area contributed by atoms with Gasteiger partial charge in [0.25, 0.3) is 0 Å². The normalized spacial score (nSPS) is 11.3. The van der Waals surface area contributed by atoms with Crippen LogP contribution in [0.2, 0.25) is 0 Å². The fraction of sp³-hybridized carbons (Fsp3) is 0.333. The zero-order valence-electron chi connectivity index (χ0n) is 13.9. The average molecular weight is 327 g/mol. The molecule has 3 aromatic rings. The summed E-state index contributed by atoms with van der Waals surface area (Å²) in [6, 6.07) is 11.8. The van der Waals surface area contributed by atoms with E-state index >= 15 is 0 Å². The lowest BCUT2D eigenvalue weighted by molar-refractivity contribution is 0.126. The Morgan fingerprint density at radius 1 is 1.12 bits per heavy atom. The van der Waals surface area contributed by atoms with Crippen molar-refractivity contribution in [1.82, 2.24) is 15.0 Å². The Labute approximate surface area is 141 Å². The summed E-state index contributed by atoms with van der Waals surface area (Å²) >= 11 is 0. The molecule has 2 heterocycles. The zero-order valence-corrected chi connectivity index (χ0v) is 13.9. The number of aromatic nitrogens is 2. The number of hydrogen-bond donors (Lipinski definition) is 0. The maximum Gasteiger partial charge on any atom is 0.241 e. The summed E-state index contributed by atoms with van der Waals surface area (Å²) in [4.78, 5) is 6.68. The van der Waals surface area contributed by atoms with Gasteiger partial charge in [0.15, 0.2) is 0 Å². The molecule has 24 heavy (non-hydrogen) atoms. The van der Waals surface area contributed by atoms with Crippen LogP contribution in [0, 0.1) is 6.92 Å². The summed E-state index contributed by atoms with van der Waals surface area (Å²) in [6.07, 6.45) is 1.67. The minimum Gasteiger partial charge on any atom is -0.468 e. The van der Waals surface area contributed by atoms with Crippen LogP contribution in [0.25, 0.3) is 11.4 Å². The van der Waals surface area contributed by atoms with Gasteiger partial charge in [-0.15, -0.1) is 0 Å². The van der Waals surface area contributed by atoms with Gasteiger partial charge in [-0.2, -0.15) is 4.98 Å². The van der Waals surface area contributed by atoms with Crippen molar-refractivity contribution in [1.29, 1.82) is 0 Å². The van der Waals surface area contributed by atoms with Gasteiger partial charge in [-0.3, -0.25) is 4.90 Å². The average Bonchev–Trinajstić information content (AvgIpc) is 3.25. The van der Waals surface area contributed by atoms with Crippen LogP contribution < -0.4 is 0 Å². The van der Waals surface area contributed by atoms with Gasteiger partial charge in [-0.25, -0.2) is 0 Å². The summed E-state index contributed by atoms with van der Waals surface area (Å²) in [5.74, 6) is 2.09. The van der Waals surface area contributed by atoms with Gasteiger partial charge in [-0.1, -0.05) is 29.4 Å². The number of methoxy groups -OCH3 is 1. The van der Waals surface area contributed by atoms with Crippen molar-refractivity contribution in [3.8, 4) is 11.4 Å². The zero-order chi connectivity index (χ0) is 16.8. The third-order valence-electron chi connectivity index (χ3n) is 3.78. The van der Waals surface area contributed by atoms with E-state index in [4.69, 9.17) is 13.7 Å². The van der Waals surface area contributed by atoms with Crippen molar-refractivity contribution in [3.05, 3.63) is 59.9 Å². The van der Waals surface area contributed by atoms with Crippen molar-refractivity contribution in [2.75, 3.05) is 20.3 Å². The van der Waals surface area contributed by atoms with Crippen LogP contribution in [-0.2, 0) is 17.8 Å². The number of benzene rings is 1. The quantitative estimate of drug-likeness (QED) is 0.632. The Morgan fingerprint density at radius 2 is 2.00 bits per heavy atom. The smallest absolute Gasteiger partial charge is 0.241 e. The number of rotatable bonds is 8. The molecule has 0 unspecified atom stereocenters. The maximum atomic E-state index is 5.43. The minimum absolute atomic E-state index is 0.545. The molecule has 0 saturated carbocycles. The van der Waals surface area contributed by atoms with Gasteiger partial charge in [0, 0.05) is 19.2 Å². The van der Waals surface area contributed by atoms with E-state index in [1.807, 2.05) is 43.3 Å². The fourth-order valence-electron chi connectivity index (χ4n) is 2.50. The fourth-order valence-corrected chi connectivity index (χ4v) is 2.50. The number of aryl methyl sites for hydroxylation is 1. The Bertz CT molecular complexity index is 752. The molecule has 0 bridgehead atoms. The molecule has 6 heteroatoms. The molecule has 126 valence electrons. The molecule has 0 spiro atoms. The topological polar surface area (TPSA) is 64.5 Å². The molecule has 0 amide bonds. The van der Waals surface area contributed by atoms with Gasteiger partial charge in [0.2, 0.25) is 11.7 Å². The monoisotopic (exact) mass is 327 g/mol. The van der Waals surface area contributed by atoms with E-state index < -0.39 is 0 Å². The number of hydrogen-bond acceptors (Lipinski definition) is 6. The molecule has 0 fully saturated rings. The van der Waals surface area contributed by atoms with Crippen LogP contribution in [-0.4, -0.2) is 35.3 Å². The molecular weight excluding hydrogens is 306 g/mol. The highest BCUT2D eigenvalue weighted by atomic mass is 16.5. The predicted molar refractivity (Wildman–Crippen MR) is 89.2 cm³/mol. The second kappa shape index (κ2) is 7.90. The molecule has 2 aromatic heterocycles. The van der Waals surface area contributed by atoms with Crippen molar-refractivity contribution in [3.63, 3.8) is 0 Å². The van der Waals surface area contributed by atoms with E-state index in [9.17, 15) is 0 Å². The molecule has 0 aliphatic rings. The number of nitrogens with zero attached hydrogens (tertiary/aromatic N) is 3. The van der Waals surface area contributed by atoms with Crippen LogP contribution in [0.4, 0.5) is 0 Å². The lowest BCUT2D eigenvalue weighted by atomic mass is 10.1. The van der Waals surface area contributed by atoms with Gasteiger partial charge in [0.1, 0.15) is 5.76 Å². The van der Waals surface area contributed by atoms with Crippen LogP contribution in [0.1, 0.15) is 17.2 Å². The highest BCUT2D eigenvalue weighted by Gasteiger charge is 2.15. The summed E-state index contributed by atoms with van der Waals surface area (Å²) in [5, 5.41) is 4.11. The highest BCUT2D eigenvalue weighted by molar-refractivity contribution is 5.58. The van der Waals surface area contributed by atoms with E-state index in [1.165, 1.54) is 0 Å². The molecule has 6 nitrogen and oxygen atoms in total. The molecule has 0 aliphatic carbocycles. The molecule has 0 atom stereocenters. The van der Waals surface area contributed by atoms with Crippen LogP contribution in [0.3, 0.4) is 0 Å². The third kappa shape index (κ3) is 4.10. The van der Waals surface area contributed by atoms with Crippen LogP contribution >= 0.6 is 0 Å². The second-order valence-electron chi connectivity index (χ2n) is 5.61. The van der Waals surface area contributed by atoms with Crippen LogP contribution in [0.5, 0.6) is 0 Å². The van der Waals surface area contributed by atoms with Gasteiger partial charge in [-0.05, 0) is 24.6 Å². The van der Waals surface area contributed by atoms with Crippen molar-refractivity contribution in [2.45, 2.75) is 20.0 Å². The molecule has 0 aliphatic heterocycles. The summed E-state index contributed by atoms with van der Waals surface area (Å²) in [6.45, 7) is 4.62. The molecular formula is C18H21N3O3. The minimum atomic E-state index is 0.545. The molecule has 0 radical (unpaired) electrons.